The minimum Gasteiger partial charge on any atom is -0.206 e. The van der Waals surface area contributed by atoms with Crippen LogP contribution in [0.4, 0.5) is 4.39 Å². The zero-order valence-electron chi connectivity index (χ0n) is 10.5. The molecule has 96 valence electrons. The highest BCUT2D eigenvalue weighted by molar-refractivity contribution is 6.33. The highest BCUT2D eigenvalue weighted by Crippen LogP contribution is 2.37. The molecule has 0 atom stereocenters. The molecule has 0 bridgehead atoms. The van der Waals surface area contributed by atoms with Crippen LogP contribution in [0.1, 0.15) is 0 Å². The molecular weight excluding hydrogens is 271 g/mol. The Labute approximate surface area is 120 Å². The second-order valence-electron chi connectivity index (χ2n) is 4.90. The molecule has 0 unspecified atom stereocenters. The molecule has 0 aliphatic carbocycles. The summed E-state index contributed by atoms with van der Waals surface area (Å²) in [6, 6.07) is 18.9. The van der Waals surface area contributed by atoms with Gasteiger partial charge in [-0.05, 0) is 45.1 Å². The molecule has 0 aliphatic heterocycles. The van der Waals surface area contributed by atoms with Gasteiger partial charge in [0.1, 0.15) is 5.82 Å². The SMILES string of the molecule is Fc1cccc2c3cc(Cl)ccc3c3ccccc3c12. The summed E-state index contributed by atoms with van der Waals surface area (Å²) in [6.07, 6.45) is 0. The predicted molar refractivity (Wildman–Crippen MR) is 83.9 cm³/mol. The highest BCUT2D eigenvalue weighted by Gasteiger charge is 2.11. The van der Waals surface area contributed by atoms with Gasteiger partial charge in [-0.15, -0.1) is 0 Å². The summed E-state index contributed by atoms with van der Waals surface area (Å²) in [6.45, 7) is 0. The molecule has 0 amide bonds. The van der Waals surface area contributed by atoms with Crippen molar-refractivity contribution in [3.05, 3.63) is 71.5 Å². The maximum Gasteiger partial charge on any atom is 0.131 e. The molecule has 4 aromatic rings. The average molecular weight is 281 g/mol. The fourth-order valence-electron chi connectivity index (χ4n) is 2.93. The molecule has 0 fully saturated rings. The number of benzene rings is 4. The van der Waals surface area contributed by atoms with Gasteiger partial charge in [0.2, 0.25) is 0 Å². The summed E-state index contributed by atoms with van der Waals surface area (Å²) in [5.74, 6) is -0.194. The maximum atomic E-state index is 14.3. The standard InChI is InChI=1S/C18H10ClF/c19-11-8-9-13-12-4-1-2-5-14(12)18-15(16(13)10-11)6-3-7-17(18)20/h1-10H. The van der Waals surface area contributed by atoms with E-state index in [9.17, 15) is 4.39 Å². The largest absolute Gasteiger partial charge is 0.206 e. The van der Waals surface area contributed by atoms with E-state index in [0.29, 0.717) is 10.4 Å². The fourth-order valence-corrected chi connectivity index (χ4v) is 3.10. The lowest BCUT2D eigenvalue weighted by molar-refractivity contribution is 0.641. The van der Waals surface area contributed by atoms with Gasteiger partial charge in [0, 0.05) is 10.4 Å². The summed E-state index contributed by atoms with van der Waals surface area (Å²) in [5, 5.41) is 6.32. The van der Waals surface area contributed by atoms with Gasteiger partial charge in [-0.3, -0.25) is 0 Å². The number of fused-ring (bicyclic) bond motifs is 6. The Kier molecular flexibility index (Phi) is 2.45. The summed E-state index contributed by atoms with van der Waals surface area (Å²) < 4.78 is 14.3. The van der Waals surface area contributed by atoms with Crippen LogP contribution in [0.25, 0.3) is 32.3 Å². The van der Waals surface area contributed by atoms with Crippen LogP contribution in [-0.4, -0.2) is 0 Å². The predicted octanol–water partition coefficient (Wildman–Crippen LogP) is 5.94. The molecule has 4 aromatic carbocycles. The molecule has 20 heavy (non-hydrogen) atoms. The van der Waals surface area contributed by atoms with Gasteiger partial charge in [-0.25, -0.2) is 4.39 Å². The van der Waals surface area contributed by atoms with Crippen molar-refractivity contribution in [2.45, 2.75) is 0 Å². The van der Waals surface area contributed by atoms with Crippen molar-refractivity contribution < 1.29 is 4.39 Å². The summed E-state index contributed by atoms with van der Waals surface area (Å²) in [4.78, 5) is 0. The molecule has 0 saturated carbocycles. The van der Waals surface area contributed by atoms with Gasteiger partial charge in [0.05, 0.1) is 0 Å². The Morgan fingerprint density at radius 3 is 2.15 bits per heavy atom. The maximum absolute atomic E-state index is 14.3. The Morgan fingerprint density at radius 2 is 1.30 bits per heavy atom. The molecular formula is C18H10ClF. The second-order valence-corrected chi connectivity index (χ2v) is 5.33. The van der Waals surface area contributed by atoms with Crippen LogP contribution in [0.5, 0.6) is 0 Å². The quantitative estimate of drug-likeness (QED) is 0.350. The molecule has 0 radical (unpaired) electrons. The van der Waals surface area contributed by atoms with Gasteiger partial charge in [-0.2, -0.15) is 0 Å². The highest BCUT2D eigenvalue weighted by atomic mass is 35.5. The van der Waals surface area contributed by atoms with Crippen LogP contribution in [-0.2, 0) is 0 Å². The third-order valence-corrected chi connectivity index (χ3v) is 4.01. The first-order valence-corrected chi connectivity index (χ1v) is 6.82. The molecule has 0 aliphatic rings. The van der Waals surface area contributed by atoms with Crippen molar-refractivity contribution in [2.75, 3.05) is 0 Å². The second kappa shape index (κ2) is 4.19. The van der Waals surface area contributed by atoms with E-state index < -0.39 is 0 Å². The number of rotatable bonds is 0. The number of halogens is 2. The number of hydrogen-bond acceptors (Lipinski definition) is 0. The third kappa shape index (κ3) is 1.53. The number of hydrogen-bond donors (Lipinski definition) is 0. The molecule has 0 heterocycles. The first kappa shape index (κ1) is 11.7. The third-order valence-electron chi connectivity index (χ3n) is 3.77. The van der Waals surface area contributed by atoms with Gasteiger partial charge < -0.3 is 0 Å². The average Bonchev–Trinajstić information content (AvgIpc) is 2.47. The Morgan fingerprint density at radius 1 is 0.650 bits per heavy atom. The zero-order valence-corrected chi connectivity index (χ0v) is 11.3. The van der Waals surface area contributed by atoms with Crippen molar-refractivity contribution in [3.63, 3.8) is 0 Å². The normalized spacial score (nSPS) is 11.5. The molecule has 0 nitrogen and oxygen atoms in total. The minimum absolute atomic E-state index is 0.194. The van der Waals surface area contributed by atoms with Crippen molar-refractivity contribution in [3.8, 4) is 0 Å². The monoisotopic (exact) mass is 280 g/mol. The van der Waals surface area contributed by atoms with E-state index in [1.165, 1.54) is 6.07 Å². The van der Waals surface area contributed by atoms with Crippen LogP contribution in [0.3, 0.4) is 0 Å². The Balaban J connectivity index is 2.45. The first-order chi connectivity index (χ1) is 9.75. The molecule has 4 rings (SSSR count). The van der Waals surface area contributed by atoms with Crippen LogP contribution in [0.15, 0.2) is 60.7 Å². The summed E-state index contributed by atoms with van der Waals surface area (Å²) in [7, 11) is 0. The molecule has 0 N–H and O–H groups in total. The topological polar surface area (TPSA) is 0 Å². The van der Waals surface area contributed by atoms with E-state index >= 15 is 0 Å². The van der Waals surface area contributed by atoms with Crippen molar-refractivity contribution in [2.24, 2.45) is 0 Å². The fraction of sp³-hybridized carbons (Fsp3) is 0. The van der Waals surface area contributed by atoms with Gasteiger partial charge >= 0.3 is 0 Å². The zero-order chi connectivity index (χ0) is 13.7. The lowest BCUT2D eigenvalue weighted by atomic mass is 9.94. The van der Waals surface area contributed by atoms with Gasteiger partial charge in [0.25, 0.3) is 0 Å². The first-order valence-electron chi connectivity index (χ1n) is 6.44. The lowest BCUT2D eigenvalue weighted by Gasteiger charge is -2.11. The van der Waals surface area contributed by atoms with Crippen molar-refractivity contribution >= 4 is 43.9 Å². The van der Waals surface area contributed by atoms with E-state index in [2.05, 4.69) is 0 Å². The Bertz CT molecular complexity index is 973. The lowest BCUT2D eigenvalue weighted by Crippen LogP contribution is -1.86. The Hall–Kier alpha value is -2.12. The van der Waals surface area contributed by atoms with Crippen LogP contribution < -0.4 is 0 Å². The van der Waals surface area contributed by atoms with Crippen LogP contribution >= 0.6 is 11.6 Å². The minimum atomic E-state index is -0.194. The van der Waals surface area contributed by atoms with Crippen molar-refractivity contribution in [1.29, 1.82) is 0 Å². The van der Waals surface area contributed by atoms with E-state index in [1.54, 1.807) is 6.07 Å². The van der Waals surface area contributed by atoms with E-state index in [0.717, 1.165) is 26.9 Å². The van der Waals surface area contributed by atoms with Gasteiger partial charge in [0.15, 0.2) is 0 Å². The molecule has 0 spiro atoms. The molecule has 0 saturated heterocycles. The van der Waals surface area contributed by atoms with Crippen LogP contribution in [0.2, 0.25) is 5.02 Å². The van der Waals surface area contributed by atoms with E-state index in [4.69, 9.17) is 11.6 Å². The van der Waals surface area contributed by atoms with E-state index in [1.807, 2.05) is 48.5 Å². The van der Waals surface area contributed by atoms with Crippen molar-refractivity contribution in [1.82, 2.24) is 0 Å². The molecule has 2 heteroatoms. The van der Waals surface area contributed by atoms with E-state index in [-0.39, 0.29) is 5.82 Å². The summed E-state index contributed by atoms with van der Waals surface area (Å²) >= 11 is 6.12. The summed E-state index contributed by atoms with van der Waals surface area (Å²) in [5.41, 5.74) is 0. The smallest absolute Gasteiger partial charge is 0.131 e. The van der Waals surface area contributed by atoms with Gasteiger partial charge in [-0.1, -0.05) is 54.1 Å². The van der Waals surface area contributed by atoms with Crippen LogP contribution in [0, 0.1) is 5.82 Å². The molecule has 0 aromatic heterocycles.